The molecule has 1 fully saturated rings. The van der Waals surface area contributed by atoms with Crippen LogP contribution in [0.1, 0.15) is 33.8 Å². The number of aromatic hydroxyl groups is 3. The third-order valence-electron chi connectivity index (χ3n) is 7.13. The number of esters is 2. The Morgan fingerprint density at radius 1 is 0.953 bits per heavy atom. The monoisotopic (exact) mass is 608 g/mol. The van der Waals surface area contributed by atoms with E-state index in [1.165, 1.54) is 6.07 Å². The number of ether oxygens (including phenoxy) is 4. The van der Waals surface area contributed by atoms with Gasteiger partial charge < -0.3 is 59.8 Å². The normalized spacial score (nSPS) is 27.4. The number of carbonyl (C=O) groups excluding carboxylic acids is 2. The molecule has 0 amide bonds. The number of hydrogen-bond acceptors (Lipinski definition) is 14. The Balaban J connectivity index is 1.56. The number of rotatable bonds is 9. The van der Waals surface area contributed by atoms with Crippen LogP contribution < -0.4 is 0 Å². The van der Waals surface area contributed by atoms with Crippen molar-refractivity contribution in [2.24, 2.45) is 5.92 Å². The fourth-order valence-corrected chi connectivity index (χ4v) is 5.05. The molecule has 1 saturated heterocycles. The van der Waals surface area contributed by atoms with Gasteiger partial charge in [0.1, 0.15) is 18.3 Å². The van der Waals surface area contributed by atoms with Gasteiger partial charge in [0.25, 0.3) is 0 Å². The van der Waals surface area contributed by atoms with Gasteiger partial charge in [-0.1, -0.05) is 24.3 Å². The van der Waals surface area contributed by atoms with Crippen LogP contribution in [0.4, 0.5) is 0 Å². The van der Waals surface area contributed by atoms with Crippen LogP contribution in [0.2, 0.25) is 0 Å². The minimum absolute atomic E-state index is 0.115. The van der Waals surface area contributed by atoms with E-state index in [-0.39, 0.29) is 6.61 Å². The summed E-state index contributed by atoms with van der Waals surface area (Å²) in [5.74, 6) is -11.2. The Labute approximate surface area is 241 Å². The average molecular weight is 609 g/mol. The van der Waals surface area contributed by atoms with E-state index in [9.17, 15) is 60.0 Å². The summed E-state index contributed by atoms with van der Waals surface area (Å²) in [6, 6.07) is 7.81. The van der Waals surface area contributed by atoms with Gasteiger partial charge in [-0.2, -0.15) is 0 Å². The molecule has 2 aliphatic heterocycles. The zero-order valence-corrected chi connectivity index (χ0v) is 22.0. The minimum Gasteiger partial charge on any atom is -0.504 e. The molecular weight excluding hydrogens is 580 g/mol. The van der Waals surface area contributed by atoms with Crippen LogP contribution in [0.5, 0.6) is 17.2 Å². The van der Waals surface area contributed by atoms with Crippen molar-refractivity contribution < 1.29 is 79.0 Å². The van der Waals surface area contributed by atoms with Crippen LogP contribution >= 0.6 is 0 Å². The first-order valence-corrected chi connectivity index (χ1v) is 12.8. The first-order chi connectivity index (χ1) is 20.3. The molecule has 16 heteroatoms. The molecule has 16 nitrogen and oxygen atoms in total. The Morgan fingerprint density at radius 3 is 2.21 bits per heavy atom. The maximum Gasteiger partial charge on any atom is 0.340 e. The molecule has 2 heterocycles. The van der Waals surface area contributed by atoms with E-state index in [0.717, 1.165) is 12.1 Å². The summed E-state index contributed by atoms with van der Waals surface area (Å²) in [5, 5.41) is 79.3. The first-order valence-electron chi connectivity index (χ1n) is 12.8. The predicted octanol–water partition coefficient (Wildman–Crippen LogP) is -0.831. The number of aliphatic hydroxyl groups is 3. The van der Waals surface area contributed by atoms with Crippen LogP contribution in [0, 0.1) is 5.92 Å². The summed E-state index contributed by atoms with van der Waals surface area (Å²) >= 11 is 0. The Morgan fingerprint density at radius 2 is 1.60 bits per heavy atom. The molecule has 0 unspecified atom stereocenters. The summed E-state index contributed by atoms with van der Waals surface area (Å²) < 4.78 is 21.1. The second-order valence-electron chi connectivity index (χ2n) is 9.88. The van der Waals surface area contributed by atoms with Crippen LogP contribution in [-0.2, 0) is 39.9 Å². The van der Waals surface area contributed by atoms with E-state index in [1.807, 2.05) is 0 Å². The van der Waals surface area contributed by atoms with Crippen molar-refractivity contribution in [3.05, 3.63) is 53.1 Å². The molecule has 0 saturated carbocycles. The number of hydrogen-bond donors (Lipinski definition) is 8. The van der Waals surface area contributed by atoms with Crippen molar-refractivity contribution in [1.82, 2.24) is 0 Å². The molecule has 0 aromatic heterocycles. The highest BCUT2D eigenvalue weighted by Gasteiger charge is 2.51. The van der Waals surface area contributed by atoms with E-state index < -0.39 is 108 Å². The SMILES string of the molecule is O=C(O)C[C@H](C(=O)O[C@H]1[C@H](O)[C@@H](O)[C@H](OC(=O)c2cc(O)c(O)c(O)c2)O[C@@H]1CO)[C@H]1c2ccccc2CO[C@@H]1C(=O)O. The number of phenols is 3. The van der Waals surface area contributed by atoms with Gasteiger partial charge in [0.05, 0.1) is 31.1 Å². The number of benzene rings is 2. The fourth-order valence-electron chi connectivity index (χ4n) is 5.05. The summed E-state index contributed by atoms with van der Waals surface area (Å²) in [7, 11) is 0. The lowest BCUT2D eigenvalue weighted by atomic mass is 9.76. The molecule has 43 heavy (non-hydrogen) atoms. The van der Waals surface area contributed by atoms with Crippen molar-refractivity contribution in [1.29, 1.82) is 0 Å². The van der Waals surface area contributed by atoms with Gasteiger partial charge in [-0.15, -0.1) is 0 Å². The number of phenolic OH excluding ortho intramolecular Hbond substituents is 3. The third kappa shape index (κ3) is 6.47. The summed E-state index contributed by atoms with van der Waals surface area (Å²) in [6.07, 6.45) is -12.2. The Bertz CT molecular complexity index is 1370. The second-order valence-corrected chi connectivity index (χ2v) is 9.88. The third-order valence-corrected chi connectivity index (χ3v) is 7.13. The smallest absolute Gasteiger partial charge is 0.340 e. The van der Waals surface area contributed by atoms with Crippen LogP contribution in [0.25, 0.3) is 0 Å². The highest BCUT2D eigenvalue weighted by Crippen LogP contribution is 2.40. The summed E-state index contributed by atoms with van der Waals surface area (Å²) in [6.45, 7) is -1.08. The first kappa shape index (κ1) is 31.5. The summed E-state index contributed by atoms with van der Waals surface area (Å²) in [4.78, 5) is 49.8. The van der Waals surface area contributed by atoms with Gasteiger partial charge in [-0.25, -0.2) is 9.59 Å². The molecular formula is C27H28O16. The number of carbonyl (C=O) groups is 4. The highest BCUT2D eigenvalue weighted by molar-refractivity contribution is 5.91. The van der Waals surface area contributed by atoms with Gasteiger partial charge in [-0.3, -0.25) is 9.59 Å². The van der Waals surface area contributed by atoms with Gasteiger partial charge in [0, 0.05) is 5.92 Å². The van der Waals surface area contributed by atoms with Crippen molar-refractivity contribution >= 4 is 23.9 Å². The Kier molecular flexibility index (Phi) is 9.37. The highest BCUT2D eigenvalue weighted by atomic mass is 16.7. The maximum absolute atomic E-state index is 13.5. The average Bonchev–Trinajstić information content (AvgIpc) is 2.97. The zero-order valence-electron chi connectivity index (χ0n) is 22.0. The molecule has 8 N–H and O–H groups in total. The van der Waals surface area contributed by atoms with Crippen molar-refractivity contribution in [3.8, 4) is 17.2 Å². The minimum atomic E-state index is -2.10. The molecule has 0 aliphatic carbocycles. The number of aliphatic hydroxyl groups excluding tert-OH is 3. The van der Waals surface area contributed by atoms with E-state index in [4.69, 9.17) is 18.9 Å². The topological polar surface area (TPSA) is 267 Å². The van der Waals surface area contributed by atoms with Crippen LogP contribution in [0.15, 0.2) is 36.4 Å². The number of carboxylic acids is 2. The molecule has 0 spiro atoms. The molecule has 8 atom stereocenters. The van der Waals surface area contributed by atoms with Gasteiger partial charge >= 0.3 is 23.9 Å². The standard InChI is InChI=1S/C27H28O16/c28-8-16-22(20(34)21(35)27(41-16)43-25(38)11-5-14(29)19(33)15(30)6-11)42-26(39)13(7-17(31)32)18-12-4-2-1-3-10(12)9-40-23(18)24(36)37/h1-6,13,16,18,20-23,27-30,33-35H,7-9H2,(H,31,32)(H,36,37)/t13-,16+,18+,20+,21+,22+,23-,27-/m0/s1. The fraction of sp³-hybridized carbons (Fsp3) is 0.407. The largest absolute Gasteiger partial charge is 0.504 e. The number of carboxylic acid groups (broad SMARTS) is 2. The Hall–Kier alpha value is -4.48. The van der Waals surface area contributed by atoms with Crippen LogP contribution in [-0.4, -0.2) is 108 Å². The number of aliphatic carboxylic acids is 2. The molecule has 0 radical (unpaired) electrons. The molecule has 232 valence electrons. The molecule has 2 aromatic carbocycles. The number of fused-ring (bicyclic) bond motifs is 1. The van der Waals surface area contributed by atoms with E-state index in [0.29, 0.717) is 11.1 Å². The summed E-state index contributed by atoms with van der Waals surface area (Å²) in [5.41, 5.74) is 0.353. The molecule has 2 aliphatic rings. The molecule has 0 bridgehead atoms. The lowest BCUT2D eigenvalue weighted by Gasteiger charge is -2.42. The quantitative estimate of drug-likeness (QED) is 0.127. The van der Waals surface area contributed by atoms with Crippen molar-refractivity contribution in [3.63, 3.8) is 0 Å². The lowest BCUT2D eigenvalue weighted by Crippen LogP contribution is -2.61. The van der Waals surface area contributed by atoms with Gasteiger partial charge in [-0.05, 0) is 23.3 Å². The van der Waals surface area contributed by atoms with Gasteiger partial charge in [0.2, 0.25) is 6.29 Å². The zero-order chi connectivity index (χ0) is 31.6. The van der Waals surface area contributed by atoms with E-state index in [2.05, 4.69) is 0 Å². The predicted molar refractivity (Wildman–Crippen MR) is 136 cm³/mol. The molecule has 4 rings (SSSR count). The molecule has 2 aromatic rings. The maximum atomic E-state index is 13.5. The van der Waals surface area contributed by atoms with Gasteiger partial charge in [0.15, 0.2) is 29.5 Å². The van der Waals surface area contributed by atoms with Crippen molar-refractivity contribution in [2.45, 2.75) is 55.8 Å². The lowest BCUT2D eigenvalue weighted by molar-refractivity contribution is -0.289. The van der Waals surface area contributed by atoms with Crippen LogP contribution in [0.3, 0.4) is 0 Å². The van der Waals surface area contributed by atoms with E-state index in [1.54, 1.807) is 18.2 Å². The second kappa shape index (κ2) is 12.8. The van der Waals surface area contributed by atoms with Crippen molar-refractivity contribution in [2.75, 3.05) is 6.61 Å². The van der Waals surface area contributed by atoms with E-state index >= 15 is 0 Å².